The number of aromatic amines is 2. The molecule has 0 saturated heterocycles. The Morgan fingerprint density at radius 2 is 1.52 bits per heavy atom. The van der Waals surface area contributed by atoms with Crippen LogP contribution in [0.1, 0.15) is 37.8 Å². The minimum Gasteiger partial charge on any atom is -0.310 e. The molecule has 31 heavy (non-hydrogen) atoms. The van der Waals surface area contributed by atoms with Crippen molar-refractivity contribution in [2.45, 2.75) is 32.6 Å². The summed E-state index contributed by atoms with van der Waals surface area (Å²) in [4.78, 5) is 40.1. The lowest BCUT2D eigenvalue weighted by Gasteiger charge is -2.51. The van der Waals surface area contributed by atoms with E-state index >= 15 is 0 Å². The van der Waals surface area contributed by atoms with Gasteiger partial charge in [-0.1, -0.05) is 37.0 Å². The fraction of sp³-hybridized carbons (Fsp3) is 0.304. The monoisotopic (exact) mass is 454 g/mol. The molecule has 2 atom stereocenters. The molecule has 158 valence electrons. The molecule has 2 aromatic heterocycles. The zero-order valence-corrected chi connectivity index (χ0v) is 18.5. The second-order valence-electron chi connectivity index (χ2n) is 8.80. The molecular weight excluding hydrogens is 435 g/mol. The highest BCUT2D eigenvalue weighted by atomic mass is 35.5. The fourth-order valence-electron chi connectivity index (χ4n) is 4.61. The van der Waals surface area contributed by atoms with Crippen LogP contribution < -0.4 is 11.1 Å². The van der Waals surface area contributed by atoms with Crippen LogP contribution in [0, 0.1) is 11.3 Å². The Hall–Kier alpha value is -2.70. The summed E-state index contributed by atoms with van der Waals surface area (Å²) in [6.07, 6.45) is 1.46. The van der Waals surface area contributed by atoms with E-state index in [2.05, 4.69) is 28.8 Å². The van der Waals surface area contributed by atoms with E-state index in [1.165, 1.54) is 0 Å². The molecule has 8 heteroatoms. The standard InChI is InChI=1S/C23H20Cl2N4O2/c1-23(2)11(8-19-26-17-9-12(24)3-5-14(17)21(30)28-19)7-16(23)20-27-18-10-13(25)4-6-15(18)22(31)29-20/h3-6,9-11,16H,7-8H2,1-2H3,(H,26,28,30)(H,27,29,31). The molecule has 2 unspecified atom stereocenters. The van der Waals surface area contributed by atoms with Crippen LogP contribution in [0.3, 0.4) is 0 Å². The molecule has 0 radical (unpaired) electrons. The van der Waals surface area contributed by atoms with Crippen LogP contribution in [0.2, 0.25) is 10.0 Å². The smallest absolute Gasteiger partial charge is 0.258 e. The van der Waals surface area contributed by atoms with Crippen molar-refractivity contribution in [1.82, 2.24) is 19.9 Å². The summed E-state index contributed by atoms with van der Waals surface area (Å²) < 4.78 is 0. The number of aromatic nitrogens is 4. The Morgan fingerprint density at radius 3 is 2.13 bits per heavy atom. The van der Waals surface area contributed by atoms with Crippen LogP contribution in [0.25, 0.3) is 21.8 Å². The van der Waals surface area contributed by atoms with Crippen molar-refractivity contribution >= 4 is 45.0 Å². The molecule has 1 saturated carbocycles. The van der Waals surface area contributed by atoms with Crippen molar-refractivity contribution in [1.29, 1.82) is 0 Å². The Labute approximate surface area is 187 Å². The van der Waals surface area contributed by atoms with Crippen molar-refractivity contribution in [3.63, 3.8) is 0 Å². The van der Waals surface area contributed by atoms with E-state index in [0.29, 0.717) is 49.9 Å². The minimum absolute atomic E-state index is 0.0928. The van der Waals surface area contributed by atoms with Gasteiger partial charge in [-0.3, -0.25) is 9.59 Å². The Kier molecular flexibility index (Phi) is 4.68. The molecule has 0 bridgehead atoms. The van der Waals surface area contributed by atoms with Gasteiger partial charge in [-0.2, -0.15) is 0 Å². The maximum atomic E-state index is 12.5. The van der Waals surface area contributed by atoms with Crippen molar-refractivity contribution in [2.75, 3.05) is 0 Å². The van der Waals surface area contributed by atoms with E-state index in [-0.39, 0.29) is 28.4 Å². The molecule has 1 aliphatic carbocycles. The summed E-state index contributed by atoms with van der Waals surface area (Å²) in [6, 6.07) is 10.2. The van der Waals surface area contributed by atoms with Crippen LogP contribution in [0.15, 0.2) is 46.0 Å². The van der Waals surface area contributed by atoms with Crippen LogP contribution in [-0.2, 0) is 6.42 Å². The number of hydrogen-bond acceptors (Lipinski definition) is 4. The van der Waals surface area contributed by atoms with Gasteiger partial charge in [0.25, 0.3) is 11.1 Å². The first-order chi connectivity index (χ1) is 14.7. The number of H-pyrrole nitrogens is 2. The normalized spacial score (nSPS) is 20.1. The average Bonchev–Trinajstić information content (AvgIpc) is 2.70. The zero-order valence-electron chi connectivity index (χ0n) is 17.0. The lowest BCUT2D eigenvalue weighted by molar-refractivity contribution is 0.0272. The van der Waals surface area contributed by atoms with E-state index in [4.69, 9.17) is 28.2 Å². The van der Waals surface area contributed by atoms with Crippen LogP contribution in [-0.4, -0.2) is 19.9 Å². The molecule has 4 aromatic rings. The number of fused-ring (bicyclic) bond motifs is 2. The minimum atomic E-state index is -0.164. The highest BCUT2D eigenvalue weighted by Crippen LogP contribution is 2.56. The largest absolute Gasteiger partial charge is 0.310 e. The van der Waals surface area contributed by atoms with Crippen LogP contribution >= 0.6 is 23.2 Å². The Morgan fingerprint density at radius 1 is 0.935 bits per heavy atom. The van der Waals surface area contributed by atoms with Crippen molar-refractivity contribution in [3.05, 3.63) is 78.8 Å². The zero-order chi connectivity index (χ0) is 21.9. The van der Waals surface area contributed by atoms with E-state index in [1.54, 1.807) is 36.4 Å². The van der Waals surface area contributed by atoms with E-state index in [0.717, 1.165) is 6.42 Å². The highest BCUT2D eigenvalue weighted by molar-refractivity contribution is 6.31. The summed E-state index contributed by atoms with van der Waals surface area (Å²) in [5, 5.41) is 2.15. The van der Waals surface area contributed by atoms with Crippen molar-refractivity contribution < 1.29 is 0 Å². The lowest BCUT2D eigenvalue weighted by atomic mass is 9.53. The van der Waals surface area contributed by atoms with E-state index in [1.807, 2.05) is 0 Å². The first-order valence-electron chi connectivity index (χ1n) is 10.1. The lowest BCUT2D eigenvalue weighted by Crippen LogP contribution is -2.45. The van der Waals surface area contributed by atoms with E-state index < -0.39 is 0 Å². The van der Waals surface area contributed by atoms with Crippen LogP contribution in [0.5, 0.6) is 0 Å². The summed E-state index contributed by atoms with van der Waals surface area (Å²) in [5.41, 5.74) is 0.737. The number of nitrogens with zero attached hydrogens (tertiary/aromatic N) is 2. The topological polar surface area (TPSA) is 91.5 Å². The fourth-order valence-corrected chi connectivity index (χ4v) is 4.95. The van der Waals surface area contributed by atoms with E-state index in [9.17, 15) is 9.59 Å². The first kappa shape index (κ1) is 20.2. The average molecular weight is 455 g/mol. The molecule has 6 nitrogen and oxygen atoms in total. The second kappa shape index (κ2) is 7.18. The number of hydrogen-bond donors (Lipinski definition) is 2. The van der Waals surface area contributed by atoms with Gasteiger partial charge in [0.1, 0.15) is 11.6 Å². The van der Waals surface area contributed by atoms with Gasteiger partial charge in [0.2, 0.25) is 0 Å². The van der Waals surface area contributed by atoms with Gasteiger partial charge in [-0.05, 0) is 54.2 Å². The maximum absolute atomic E-state index is 12.5. The predicted octanol–water partition coefficient (Wildman–Crippen LogP) is 4.84. The third-order valence-corrected chi connectivity index (χ3v) is 7.12. The Balaban J connectivity index is 1.44. The van der Waals surface area contributed by atoms with Gasteiger partial charge in [0.05, 0.1) is 21.8 Å². The van der Waals surface area contributed by atoms with Crippen molar-refractivity contribution in [3.8, 4) is 0 Å². The third kappa shape index (κ3) is 3.44. The first-order valence-corrected chi connectivity index (χ1v) is 10.9. The van der Waals surface area contributed by atoms with Gasteiger partial charge in [0, 0.05) is 22.4 Å². The van der Waals surface area contributed by atoms with Crippen LogP contribution in [0.4, 0.5) is 0 Å². The maximum Gasteiger partial charge on any atom is 0.258 e. The number of benzene rings is 2. The molecular formula is C23H20Cl2N4O2. The quantitative estimate of drug-likeness (QED) is 0.463. The molecule has 0 spiro atoms. The summed E-state index contributed by atoms with van der Waals surface area (Å²) in [6.45, 7) is 4.31. The summed E-state index contributed by atoms with van der Waals surface area (Å²) in [7, 11) is 0. The summed E-state index contributed by atoms with van der Waals surface area (Å²) >= 11 is 12.2. The van der Waals surface area contributed by atoms with Crippen molar-refractivity contribution in [2.24, 2.45) is 11.3 Å². The molecule has 2 heterocycles. The molecule has 2 N–H and O–H groups in total. The van der Waals surface area contributed by atoms with Gasteiger partial charge in [-0.15, -0.1) is 0 Å². The molecule has 5 rings (SSSR count). The SMILES string of the molecule is CC1(C)C(Cc2nc3cc(Cl)ccc3c(=O)[nH]2)CC1c1nc2cc(Cl)ccc2c(=O)[nH]1. The van der Waals surface area contributed by atoms with Gasteiger partial charge in [0.15, 0.2) is 0 Å². The third-order valence-electron chi connectivity index (χ3n) is 6.64. The molecule has 0 aliphatic heterocycles. The summed E-state index contributed by atoms with van der Waals surface area (Å²) in [5.74, 6) is 1.68. The highest BCUT2D eigenvalue weighted by Gasteiger charge is 2.50. The van der Waals surface area contributed by atoms with Gasteiger partial charge in [-0.25, -0.2) is 9.97 Å². The van der Waals surface area contributed by atoms with Gasteiger partial charge >= 0.3 is 0 Å². The Bertz CT molecular complexity index is 1460. The molecule has 1 fully saturated rings. The second-order valence-corrected chi connectivity index (χ2v) is 9.67. The molecule has 0 amide bonds. The predicted molar refractivity (Wildman–Crippen MR) is 123 cm³/mol. The number of rotatable bonds is 3. The van der Waals surface area contributed by atoms with Gasteiger partial charge < -0.3 is 9.97 Å². The molecule has 2 aromatic carbocycles. The number of nitrogens with one attached hydrogen (secondary N) is 2. The molecule has 1 aliphatic rings. The number of halogens is 2.